The molecule has 1 fully saturated rings. The maximum atomic E-state index is 12.6. The van der Waals surface area contributed by atoms with Crippen LogP contribution in [0, 0.1) is 18.8 Å². The highest BCUT2D eigenvalue weighted by molar-refractivity contribution is 5.97. The Bertz CT molecular complexity index is 614. The summed E-state index contributed by atoms with van der Waals surface area (Å²) in [5, 5.41) is 11.6. The molecule has 110 valence electrons. The van der Waals surface area contributed by atoms with Gasteiger partial charge in [0.2, 0.25) is 5.91 Å². The van der Waals surface area contributed by atoms with E-state index >= 15 is 0 Å². The Morgan fingerprint density at radius 1 is 1.43 bits per heavy atom. The molecule has 0 radical (unpaired) electrons. The molecule has 1 saturated heterocycles. The minimum atomic E-state index is -0.246. The van der Waals surface area contributed by atoms with Gasteiger partial charge in [0.1, 0.15) is 6.61 Å². The van der Waals surface area contributed by atoms with Gasteiger partial charge in [-0.3, -0.25) is 9.59 Å². The molecule has 0 atom stereocenters. The minimum Gasteiger partial charge on any atom is -0.384 e. The van der Waals surface area contributed by atoms with Gasteiger partial charge in [-0.1, -0.05) is 17.9 Å². The van der Waals surface area contributed by atoms with Crippen LogP contribution in [0.1, 0.15) is 27.9 Å². The van der Waals surface area contributed by atoms with Gasteiger partial charge >= 0.3 is 0 Å². The van der Waals surface area contributed by atoms with Gasteiger partial charge in [0, 0.05) is 31.6 Å². The normalized spacial score (nSPS) is 14.8. The van der Waals surface area contributed by atoms with Crippen molar-refractivity contribution in [3.63, 3.8) is 0 Å². The van der Waals surface area contributed by atoms with Crippen molar-refractivity contribution in [3.05, 3.63) is 34.9 Å². The molecule has 1 aliphatic heterocycles. The molecule has 0 spiro atoms. The molecule has 0 saturated carbocycles. The minimum absolute atomic E-state index is 0.0329. The molecular formula is C16H18N2O3. The second-order valence-electron chi connectivity index (χ2n) is 4.90. The first-order chi connectivity index (χ1) is 10.1. The molecule has 1 aliphatic rings. The predicted molar refractivity (Wildman–Crippen MR) is 78.7 cm³/mol. The molecule has 0 bridgehead atoms. The summed E-state index contributed by atoms with van der Waals surface area (Å²) in [5.74, 6) is 5.23. The number of nitrogens with one attached hydrogen (secondary N) is 1. The van der Waals surface area contributed by atoms with Crippen LogP contribution in [-0.2, 0) is 4.79 Å². The van der Waals surface area contributed by atoms with E-state index in [1.165, 1.54) is 0 Å². The Balaban J connectivity index is 2.27. The van der Waals surface area contributed by atoms with E-state index in [0.717, 1.165) is 5.56 Å². The third-order valence-corrected chi connectivity index (χ3v) is 3.31. The highest BCUT2D eigenvalue weighted by Gasteiger charge is 2.21. The topological polar surface area (TPSA) is 69.6 Å². The summed E-state index contributed by atoms with van der Waals surface area (Å²) in [6.45, 7) is 3.04. The summed E-state index contributed by atoms with van der Waals surface area (Å²) < 4.78 is 0. The van der Waals surface area contributed by atoms with Gasteiger partial charge in [0.25, 0.3) is 5.91 Å². The fourth-order valence-corrected chi connectivity index (χ4v) is 2.22. The quantitative estimate of drug-likeness (QED) is 0.730. The lowest BCUT2D eigenvalue weighted by molar-refractivity contribution is -0.120. The van der Waals surface area contributed by atoms with Crippen LogP contribution in [0.5, 0.6) is 0 Å². The average Bonchev–Trinajstić information content (AvgIpc) is 2.69. The maximum Gasteiger partial charge on any atom is 0.255 e. The van der Waals surface area contributed by atoms with E-state index in [2.05, 4.69) is 17.2 Å². The Labute approximate surface area is 124 Å². The van der Waals surface area contributed by atoms with Gasteiger partial charge in [-0.25, -0.2) is 0 Å². The summed E-state index contributed by atoms with van der Waals surface area (Å²) in [6.07, 6.45) is 0.315. The Morgan fingerprint density at radius 3 is 3.00 bits per heavy atom. The van der Waals surface area contributed by atoms with Crippen molar-refractivity contribution in [1.82, 2.24) is 10.2 Å². The molecule has 1 aromatic carbocycles. The van der Waals surface area contributed by atoms with Crippen molar-refractivity contribution >= 4 is 11.8 Å². The predicted octanol–water partition coefficient (Wildman–Crippen LogP) is 0.301. The Hall–Kier alpha value is -2.32. The number of aliphatic hydroxyl groups is 1. The lowest BCUT2D eigenvalue weighted by Crippen LogP contribution is -2.34. The van der Waals surface area contributed by atoms with Crippen molar-refractivity contribution in [2.45, 2.75) is 13.3 Å². The number of benzene rings is 1. The van der Waals surface area contributed by atoms with E-state index in [9.17, 15) is 9.59 Å². The number of amides is 2. The molecule has 2 N–H and O–H groups in total. The lowest BCUT2D eigenvalue weighted by atomic mass is 10.0. The van der Waals surface area contributed by atoms with E-state index < -0.39 is 0 Å². The van der Waals surface area contributed by atoms with Crippen LogP contribution >= 0.6 is 0 Å². The highest BCUT2D eigenvalue weighted by Crippen LogP contribution is 2.14. The van der Waals surface area contributed by atoms with Crippen LogP contribution in [0.15, 0.2) is 18.2 Å². The van der Waals surface area contributed by atoms with Crippen LogP contribution in [0.3, 0.4) is 0 Å². The van der Waals surface area contributed by atoms with E-state index in [4.69, 9.17) is 5.11 Å². The number of hydrogen-bond acceptors (Lipinski definition) is 3. The first kappa shape index (κ1) is 15.1. The van der Waals surface area contributed by atoms with Crippen molar-refractivity contribution < 1.29 is 14.7 Å². The third kappa shape index (κ3) is 3.83. The summed E-state index contributed by atoms with van der Waals surface area (Å²) in [6, 6.07) is 5.44. The SMILES string of the molecule is Cc1ccc(C(=O)N2CCNC(=O)CC2)c(C#CCO)c1. The molecule has 0 aliphatic carbocycles. The van der Waals surface area contributed by atoms with Gasteiger partial charge in [0.15, 0.2) is 0 Å². The monoisotopic (exact) mass is 286 g/mol. The first-order valence-corrected chi connectivity index (χ1v) is 6.88. The van der Waals surface area contributed by atoms with Crippen molar-refractivity contribution in [2.75, 3.05) is 26.2 Å². The number of hydrogen-bond donors (Lipinski definition) is 2. The van der Waals surface area contributed by atoms with Gasteiger partial charge in [-0.05, 0) is 24.6 Å². The second-order valence-corrected chi connectivity index (χ2v) is 4.90. The molecule has 1 heterocycles. The summed E-state index contributed by atoms with van der Waals surface area (Å²) in [4.78, 5) is 25.6. The number of aliphatic hydroxyl groups excluding tert-OH is 1. The molecule has 0 aromatic heterocycles. The molecule has 0 unspecified atom stereocenters. The maximum absolute atomic E-state index is 12.6. The molecular weight excluding hydrogens is 268 g/mol. The van der Waals surface area contributed by atoms with Crippen LogP contribution in [0.25, 0.3) is 0 Å². The average molecular weight is 286 g/mol. The van der Waals surface area contributed by atoms with Gasteiger partial charge in [-0.2, -0.15) is 0 Å². The number of carbonyl (C=O) groups is 2. The smallest absolute Gasteiger partial charge is 0.255 e. The first-order valence-electron chi connectivity index (χ1n) is 6.88. The molecule has 2 amide bonds. The zero-order valence-electron chi connectivity index (χ0n) is 12.0. The fraction of sp³-hybridized carbons (Fsp3) is 0.375. The van der Waals surface area contributed by atoms with Gasteiger partial charge < -0.3 is 15.3 Å². The number of aryl methyl sites for hydroxylation is 1. The zero-order chi connectivity index (χ0) is 15.2. The lowest BCUT2D eigenvalue weighted by Gasteiger charge is -2.20. The molecule has 5 nitrogen and oxygen atoms in total. The molecule has 5 heteroatoms. The second kappa shape index (κ2) is 6.91. The van der Waals surface area contributed by atoms with Crippen molar-refractivity contribution in [1.29, 1.82) is 0 Å². The van der Waals surface area contributed by atoms with Gasteiger partial charge in [-0.15, -0.1) is 0 Å². The number of nitrogens with zero attached hydrogens (tertiary/aromatic N) is 1. The molecule has 21 heavy (non-hydrogen) atoms. The largest absolute Gasteiger partial charge is 0.384 e. The summed E-state index contributed by atoms with van der Waals surface area (Å²) in [7, 11) is 0. The van der Waals surface area contributed by atoms with Crippen LogP contribution in [0.4, 0.5) is 0 Å². The standard InChI is InChI=1S/C16H18N2O3/c1-12-4-5-14(13(11-12)3-2-10-19)16(21)18-8-6-15(20)17-7-9-18/h4-5,11,19H,6-10H2,1H3,(H,17,20). The van der Waals surface area contributed by atoms with Gasteiger partial charge in [0.05, 0.1) is 5.56 Å². The number of carbonyl (C=O) groups excluding carboxylic acids is 2. The van der Waals surface area contributed by atoms with Crippen molar-refractivity contribution in [3.8, 4) is 11.8 Å². The third-order valence-electron chi connectivity index (χ3n) is 3.31. The Kier molecular flexibility index (Phi) is 4.96. The fourth-order valence-electron chi connectivity index (χ4n) is 2.22. The zero-order valence-corrected chi connectivity index (χ0v) is 12.0. The summed E-state index contributed by atoms with van der Waals surface area (Å²) in [5.41, 5.74) is 2.12. The molecule has 1 aromatic rings. The van der Waals surface area contributed by atoms with E-state index in [0.29, 0.717) is 37.2 Å². The Morgan fingerprint density at radius 2 is 2.24 bits per heavy atom. The van der Waals surface area contributed by atoms with Crippen LogP contribution in [-0.4, -0.2) is 48.1 Å². The van der Waals surface area contributed by atoms with E-state index in [1.54, 1.807) is 11.0 Å². The van der Waals surface area contributed by atoms with E-state index in [1.807, 2.05) is 19.1 Å². The van der Waals surface area contributed by atoms with E-state index in [-0.39, 0.29) is 18.4 Å². The van der Waals surface area contributed by atoms with Crippen molar-refractivity contribution in [2.24, 2.45) is 0 Å². The highest BCUT2D eigenvalue weighted by atomic mass is 16.2. The summed E-state index contributed by atoms with van der Waals surface area (Å²) >= 11 is 0. The molecule has 2 rings (SSSR count). The number of rotatable bonds is 1. The van der Waals surface area contributed by atoms with Crippen LogP contribution < -0.4 is 5.32 Å². The van der Waals surface area contributed by atoms with Crippen LogP contribution in [0.2, 0.25) is 0 Å².